The molecule has 1 aliphatic rings. The Bertz CT molecular complexity index is 1120. The van der Waals surface area contributed by atoms with Crippen LogP contribution in [0.25, 0.3) is 0 Å². The normalized spacial score (nSPS) is 13.0. The van der Waals surface area contributed by atoms with E-state index in [1.807, 2.05) is 13.7 Å². The van der Waals surface area contributed by atoms with Crippen molar-refractivity contribution in [2.45, 2.75) is 91.9 Å². The predicted octanol–water partition coefficient (Wildman–Crippen LogP) is 5.16. The molecule has 1 aromatic carbocycles. The summed E-state index contributed by atoms with van der Waals surface area (Å²) in [5.41, 5.74) is 12.6. The first-order valence-electron chi connectivity index (χ1n) is 15.0. The van der Waals surface area contributed by atoms with Gasteiger partial charge < -0.3 is 26.1 Å². The van der Waals surface area contributed by atoms with Crippen LogP contribution < -0.4 is 21.9 Å². The number of hydrogen-bond acceptors (Lipinski definition) is 5. The molecule has 0 aliphatic carbocycles. The fourth-order valence-corrected chi connectivity index (χ4v) is 5.23. The summed E-state index contributed by atoms with van der Waals surface area (Å²) in [4.78, 5) is 24.0. The molecule has 0 bridgehead atoms. The van der Waals surface area contributed by atoms with Gasteiger partial charge in [0.2, 0.25) is 0 Å². The smallest absolute Gasteiger partial charge is 0.251 e. The maximum absolute atomic E-state index is 13.0. The van der Waals surface area contributed by atoms with Crippen molar-refractivity contribution in [3.63, 3.8) is 0 Å². The highest BCUT2D eigenvalue weighted by molar-refractivity contribution is 5.48. The molecule has 2 aromatic rings. The number of aromatic amines is 1. The van der Waals surface area contributed by atoms with Crippen molar-refractivity contribution in [3.05, 3.63) is 67.6 Å². The Kier molecular flexibility index (Phi) is 17.8. The number of aromatic nitrogens is 1. The number of hydrogen-bond donors (Lipinski definition) is 4. The van der Waals surface area contributed by atoms with Crippen LogP contribution in [0.5, 0.6) is 0 Å². The molecule has 0 amide bonds. The van der Waals surface area contributed by atoms with Crippen molar-refractivity contribution in [1.82, 2.24) is 15.6 Å². The Hall–Kier alpha value is -2.72. The lowest BCUT2D eigenvalue weighted by molar-refractivity contribution is -0.0980. The Labute approximate surface area is 243 Å². The molecular weight excluding hydrogens is 496 g/mol. The quantitative estimate of drug-likeness (QED) is 0.229. The van der Waals surface area contributed by atoms with Gasteiger partial charge in [-0.2, -0.15) is 0 Å². The van der Waals surface area contributed by atoms with E-state index in [1.165, 1.54) is 49.4 Å². The molecule has 222 valence electrons. The van der Waals surface area contributed by atoms with Crippen LogP contribution in [-0.2, 0) is 17.6 Å². The average molecular weight is 551 g/mol. The van der Waals surface area contributed by atoms with Crippen molar-refractivity contribution >= 4 is 6.79 Å². The molecule has 6 heteroatoms. The number of piperidine rings is 1. The van der Waals surface area contributed by atoms with Crippen molar-refractivity contribution in [2.24, 2.45) is 11.7 Å². The SMILES string of the molecule is C=O.CCNCCCCCCc1cc(C#CC2CCNCC2)cc(Cc2c(C(C)C)cc(C)[nH]c2=O)c1C.CN. The molecule has 40 heavy (non-hydrogen) atoms. The minimum atomic E-state index is 0.0477. The molecule has 5 N–H and O–H groups in total. The average Bonchev–Trinajstić information content (AvgIpc) is 2.97. The molecule has 0 saturated carbocycles. The summed E-state index contributed by atoms with van der Waals surface area (Å²) in [6.45, 7) is 17.0. The number of carbonyl (C=O) groups is 1. The predicted molar refractivity (Wildman–Crippen MR) is 170 cm³/mol. The number of H-pyrrole nitrogens is 1. The van der Waals surface area contributed by atoms with Crippen molar-refractivity contribution in [1.29, 1.82) is 0 Å². The molecule has 1 fully saturated rings. The maximum atomic E-state index is 13.0. The Morgan fingerprint density at radius 3 is 2.33 bits per heavy atom. The second kappa shape index (κ2) is 20.2. The van der Waals surface area contributed by atoms with E-state index < -0.39 is 0 Å². The van der Waals surface area contributed by atoms with Crippen LogP contribution >= 0.6 is 0 Å². The Morgan fingerprint density at radius 2 is 1.68 bits per heavy atom. The fourth-order valence-electron chi connectivity index (χ4n) is 5.23. The van der Waals surface area contributed by atoms with E-state index in [2.05, 4.69) is 79.1 Å². The van der Waals surface area contributed by atoms with Gasteiger partial charge in [-0.1, -0.05) is 45.5 Å². The van der Waals surface area contributed by atoms with Crippen LogP contribution in [-0.4, -0.2) is 45.0 Å². The number of carbonyl (C=O) groups excluding carboxylic acids is 1. The topological polar surface area (TPSA) is 100 Å². The van der Waals surface area contributed by atoms with Gasteiger partial charge in [-0.25, -0.2) is 0 Å². The monoisotopic (exact) mass is 550 g/mol. The fraction of sp³-hybridized carbons (Fsp3) is 0.588. The summed E-state index contributed by atoms with van der Waals surface area (Å²) in [5, 5.41) is 6.85. The number of unbranched alkanes of at least 4 members (excludes halogenated alkanes) is 3. The van der Waals surface area contributed by atoms with Gasteiger partial charge in [0.25, 0.3) is 5.56 Å². The van der Waals surface area contributed by atoms with Gasteiger partial charge in [0.05, 0.1) is 0 Å². The van der Waals surface area contributed by atoms with Crippen LogP contribution in [0.2, 0.25) is 0 Å². The molecular formula is C34H54N4O2. The lowest BCUT2D eigenvalue weighted by atomic mass is 9.88. The van der Waals surface area contributed by atoms with E-state index in [0.717, 1.165) is 67.8 Å². The third-order valence-corrected chi connectivity index (χ3v) is 7.48. The first-order chi connectivity index (χ1) is 19.4. The van der Waals surface area contributed by atoms with Gasteiger partial charge in [0, 0.05) is 29.2 Å². The lowest BCUT2D eigenvalue weighted by Gasteiger charge is -2.18. The van der Waals surface area contributed by atoms with Crippen molar-refractivity contribution in [2.75, 3.05) is 33.2 Å². The number of rotatable bonds is 11. The zero-order valence-corrected chi connectivity index (χ0v) is 26.0. The highest BCUT2D eigenvalue weighted by Crippen LogP contribution is 2.25. The van der Waals surface area contributed by atoms with Crippen LogP contribution in [0, 0.1) is 31.6 Å². The molecule has 1 saturated heterocycles. The van der Waals surface area contributed by atoms with Crippen LogP contribution in [0.1, 0.15) is 104 Å². The number of aryl methyl sites for hydroxylation is 2. The van der Waals surface area contributed by atoms with Crippen LogP contribution in [0.4, 0.5) is 0 Å². The van der Waals surface area contributed by atoms with E-state index in [9.17, 15) is 4.79 Å². The Balaban J connectivity index is 0.00000191. The summed E-state index contributed by atoms with van der Waals surface area (Å²) in [5.74, 6) is 7.86. The zero-order valence-electron chi connectivity index (χ0n) is 26.0. The van der Waals surface area contributed by atoms with E-state index in [-0.39, 0.29) is 5.56 Å². The molecule has 0 radical (unpaired) electrons. The standard InChI is InChI=1S/C32H47N3O.CH5N.CH2O/c1-6-33-16-10-8-7-9-11-28-20-27(13-12-26-14-17-34-18-15-26)21-29(25(28)5)22-31-30(23(2)3)19-24(4)35-32(31)36;2*1-2/h19-21,23,26,33-34H,6-11,14-18,22H2,1-5H3,(H,35,36);2H2,1H3;1H2. The van der Waals surface area contributed by atoms with Gasteiger partial charge in [0.1, 0.15) is 6.79 Å². The van der Waals surface area contributed by atoms with Gasteiger partial charge in [0.15, 0.2) is 0 Å². The minimum Gasteiger partial charge on any atom is -0.333 e. The van der Waals surface area contributed by atoms with E-state index in [1.54, 1.807) is 0 Å². The lowest BCUT2D eigenvalue weighted by Crippen LogP contribution is -2.26. The van der Waals surface area contributed by atoms with Crippen molar-refractivity contribution < 1.29 is 4.79 Å². The second-order valence-electron chi connectivity index (χ2n) is 10.8. The highest BCUT2D eigenvalue weighted by Gasteiger charge is 2.16. The molecule has 6 nitrogen and oxygen atoms in total. The highest BCUT2D eigenvalue weighted by atomic mass is 16.1. The minimum absolute atomic E-state index is 0.0477. The number of nitrogens with two attached hydrogens (primary N) is 1. The summed E-state index contributed by atoms with van der Waals surface area (Å²) in [7, 11) is 1.50. The molecule has 0 spiro atoms. The van der Waals surface area contributed by atoms with Gasteiger partial charge in [-0.3, -0.25) is 4.79 Å². The first-order valence-corrected chi connectivity index (χ1v) is 15.0. The number of nitrogens with one attached hydrogen (secondary N) is 3. The third-order valence-electron chi connectivity index (χ3n) is 7.48. The molecule has 0 atom stereocenters. The zero-order chi connectivity index (χ0) is 29.9. The maximum Gasteiger partial charge on any atom is 0.251 e. The summed E-state index contributed by atoms with van der Waals surface area (Å²) >= 11 is 0. The van der Waals surface area contributed by atoms with Gasteiger partial charge >= 0.3 is 0 Å². The number of benzene rings is 1. The second-order valence-corrected chi connectivity index (χ2v) is 10.8. The Morgan fingerprint density at radius 1 is 1.02 bits per heavy atom. The molecule has 0 unspecified atom stereocenters. The summed E-state index contributed by atoms with van der Waals surface area (Å²) < 4.78 is 0. The van der Waals surface area contributed by atoms with Gasteiger partial charge in [-0.15, -0.1) is 0 Å². The molecule has 1 aromatic heterocycles. The van der Waals surface area contributed by atoms with Crippen LogP contribution in [0.15, 0.2) is 23.0 Å². The van der Waals surface area contributed by atoms with E-state index in [0.29, 0.717) is 18.3 Å². The molecule has 3 rings (SSSR count). The summed E-state index contributed by atoms with van der Waals surface area (Å²) in [6, 6.07) is 6.70. The van der Waals surface area contributed by atoms with Crippen molar-refractivity contribution in [3.8, 4) is 11.8 Å². The molecule has 1 aliphatic heterocycles. The first kappa shape index (κ1) is 35.3. The number of pyridine rings is 1. The largest absolute Gasteiger partial charge is 0.333 e. The van der Waals surface area contributed by atoms with Crippen LogP contribution in [0.3, 0.4) is 0 Å². The van der Waals surface area contributed by atoms with Gasteiger partial charge in [-0.05, 0) is 126 Å². The van der Waals surface area contributed by atoms with E-state index >= 15 is 0 Å². The third kappa shape index (κ3) is 11.8. The van der Waals surface area contributed by atoms with E-state index in [4.69, 9.17) is 4.79 Å². The summed E-state index contributed by atoms with van der Waals surface area (Å²) in [6.07, 6.45) is 8.94. The molecule has 2 heterocycles.